The number of pyridine rings is 2. The van der Waals surface area contributed by atoms with Crippen LogP contribution in [-0.4, -0.2) is 9.97 Å². The van der Waals surface area contributed by atoms with Gasteiger partial charge in [-0.25, -0.2) is 0 Å². The molecule has 0 atom stereocenters. The zero-order chi connectivity index (χ0) is 11.1. The van der Waals surface area contributed by atoms with E-state index in [1.54, 1.807) is 6.20 Å². The molecular formula is C13H16N2. The zero-order valence-corrected chi connectivity index (χ0v) is 9.44. The number of hydrogen-bond donors (Lipinski definition) is 0. The van der Waals surface area contributed by atoms with Crippen LogP contribution in [0.15, 0.2) is 42.9 Å². The lowest BCUT2D eigenvalue weighted by atomic mass is 10.1. The van der Waals surface area contributed by atoms with Crippen LogP contribution in [0.1, 0.15) is 19.5 Å². The van der Waals surface area contributed by atoms with Crippen LogP contribution in [0.25, 0.3) is 11.1 Å². The van der Waals surface area contributed by atoms with Gasteiger partial charge in [0.25, 0.3) is 0 Å². The van der Waals surface area contributed by atoms with Crippen molar-refractivity contribution >= 4 is 0 Å². The predicted molar refractivity (Wildman–Crippen MR) is 63.6 cm³/mol. The largest absolute Gasteiger partial charge is 0.264 e. The SMILES string of the molecule is CC.Cc1cc(-c2cccnc2)ccn1. The molecule has 0 radical (unpaired) electrons. The summed E-state index contributed by atoms with van der Waals surface area (Å²) < 4.78 is 0. The Kier molecular flexibility index (Phi) is 4.48. The first-order valence-corrected chi connectivity index (χ1v) is 5.19. The molecule has 2 heterocycles. The van der Waals surface area contributed by atoms with E-state index in [2.05, 4.69) is 16.0 Å². The van der Waals surface area contributed by atoms with E-state index in [4.69, 9.17) is 0 Å². The molecule has 0 saturated carbocycles. The molecule has 0 unspecified atom stereocenters. The second-order valence-corrected chi connectivity index (χ2v) is 2.93. The molecule has 2 heteroatoms. The molecular weight excluding hydrogens is 184 g/mol. The summed E-state index contributed by atoms with van der Waals surface area (Å²) in [6, 6.07) is 8.02. The fourth-order valence-corrected chi connectivity index (χ4v) is 1.26. The van der Waals surface area contributed by atoms with Crippen molar-refractivity contribution in [3.8, 4) is 11.1 Å². The molecule has 0 bridgehead atoms. The van der Waals surface area contributed by atoms with Crippen molar-refractivity contribution in [3.05, 3.63) is 48.5 Å². The van der Waals surface area contributed by atoms with E-state index in [1.165, 1.54) is 5.56 Å². The van der Waals surface area contributed by atoms with Crippen LogP contribution >= 0.6 is 0 Å². The quantitative estimate of drug-likeness (QED) is 0.704. The molecule has 0 aliphatic heterocycles. The van der Waals surface area contributed by atoms with Crippen LogP contribution in [0.5, 0.6) is 0 Å². The second kappa shape index (κ2) is 5.91. The summed E-state index contributed by atoms with van der Waals surface area (Å²) in [5.74, 6) is 0. The van der Waals surface area contributed by atoms with Gasteiger partial charge in [0.15, 0.2) is 0 Å². The summed E-state index contributed by atoms with van der Waals surface area (Å²) in [6.07, 6.45) is 5.45. The number of nitrogens with zero attached hydrogens (tertiary/aromatic N) is 2. The molecule has 78 valence electrons. The van der Waals surface area contributed by atoms with E-state index in [9.17, 15) is 0 Å². The van der Waals surface area contributed by atoms with Gasteiger partial charge in [-0.2, -0.15) is 0 Å². The highest BCUT2D eigenvalue weighted by Gasteiger charge is 1.96. The average molecular weight is 200 g/mol. The van der Waals surface area contributed by atoms with Gasteiger partial charge in [-0.05, 0) is 30.7 Å². The van der Waals surface area contributed by atoms with Crippen molar-refractivity contribution in [1.29, 1.82) is 0 Å². The Bertz CT molecular complexity index is 396. The Morgan fingerprint density at radius 3 is 2.40 bits per heavy atom. The van der Waals surface area contributed by atoms with E-state index >= 15 is 0 Å². The lowest BCUT2D eigenvalue weighted by Gasteiger charge is -2.00. The maximum Gasteiger partial charge on any atom is 0.0378 e. The van der Waals surface area contributed by atoms with Gasteiger partial charge in [0.1, 0.15) is 0 Å². The van der Waals surface area contributed by atoms with E-state index in [-0.39, 0.29) is 0 Å². The molecule has 0 fully saturated rings. The summed E-state index contributed by atoms with van der Waals surface area (Å²) in [7, 11) is 0. The molecule has 0 spiro atoms. The third-order valence-electron chi connectivity index (χ3n) is 1.89. The highest BCUT2D eigenvalue weighted by atomic mass is 14.7. The minimum Gasteiger partial charge on any atom is -0.264 e. The summed E-state index contributed by atoms with van der Waals surface area (Å²) in [5.41, 5.74) is 3.33. The molecule has 0 N–H and O–H groups in total. The van der Waals surface area contributed by atoms with Crippen LogP contribution < -0.4 is 0 Å². The van der Waals surface area contributed by atoms with Crippen LogP contribution in [-0.2, 0) is 0 Å². The smallest absolute Gasteiger partial charge is 0.0378 e. The van der Waals surface area contributed by atoms with Gasteiger partial charge in [0, 0.05) is 29.8 Å². The molecule has 0 saturated heterocycles. The van der Waals surface area contributed by atoms with Gasteiger partial charge in [0.05, 0.1) is 0 Å². The summed E-state index contributed by atoms with van der Waals surface area (Å²) in [6.45, 7) is 5.99. The molecule has 2 aromatic rings. The molecule has 15 heavy (non-hydrogen) atoms. The van der Waals surface area contributed by atoms with Crippen LogP contribution in [0.3, 0.4) is 0 Å². The minimum absolute atomic E-state index is 1.03. The Morgan fingerprint density at radius 2 is 1.80 bits per heavy atom. The Morgan fingerprint density at radius 1 is 1.00 bits per heavy atom. The molecule has 0 aromatic carbocycles. The van der Waals surface area contributed by atoms with Gasteiger partial charge in [-0.3, -0.25) is 9.97 Å². The topological polar surface area (TPSA) is 25.8 Å². The number of aromatic nitrogens is 2. The highest BCUT2D eigenvalue weighted by molar-refractivity contribution is 5.61. The summed E-state index contributed by atoms with van der Waals surface area (Å²) in [5, 5.41) is 0. The van der Waals surface area contributed by atoms with Crippen molar-refractivity contribution in [2.75, 3.05) is 0 Å². The second-order valence-electron chi connectivity index (χ2n) is 2.93. The van der Waals surface area contributed by atoms with Crippen molar-refractivity contribution in [2.24, 2.45) is 0 Å². The van der Waals surface area contributed by atoms with Crippen LogP contribution in [0.2, 0.25) is 0 Å². The summed E-state index contributed by atoms with van der Waals surface area (Å²) >= 11 is 0. The zero-order valence-electron chi connectivity index (χ0n) is 9.44. The predicted octanol–water partition coefficient (Wildman–Crippen LogP) is 3.48. The van der Waals surface area contributed by atoms with Crippen molar-refractivity contribution < 1.29 is 0 Å². The first-order valence-electron chi connectivity index (χ1n) is 5.19. The standard InChI is InChI=1S/C11H10N2.C2H6/c1-9-7-10(4-6-13-9)11-3-2-5-12-8-11;1-2/h2-8H,1H3;1-2H3. The third-order valence-corrected chi connectivity index (χ3v) is 1.89. The monoisotopic (exact) mass is 200 g/mol. The van der Waals surface area contributed by atoms with E-state index in [1.807, 2.05) is 51.4 Å². The molecule has 0 aliphatic carbocycles. The highest BCUT2D eigenvalue weighted by Crippen LogP contribution is 2.17. The Balaban J connectivity index is 0.000000531. The maximum absolute atomic E-state index is 4.14. The number of hydrogen-bond acceptors (Lipinski definition) is 2. The molecule has 0 aliphatic rings. The number of rotatable bonds is 1. The summed E-state index contributed by atoms with van der Waals surface area (Å²) in [4.78, 5) is 8.22. The fourth-order valence-electron chi connectivity index (χ4n) is 1.26. The lowest BCUT2D eigenvalue weighted by Crippen LogP contribution is -1.83. The van der Waals surface area contributed by atoms with Gasteiger partial charge in [-0.15, -0.1) is 0 Å². The molecule has 2 rings (SSSR count). The third kappa shape index (κ3) is 3.17. The van der Waals surface area contributed by atoms with Gasteiger partial charge in [0.2, 0.25) is 0 Å². The minimum atomic E-state index is 1.03. The Hall–Kier alpha value is -1.70. The Labute approximate surface area is 91.0 Å². The van der Waals surface area contributed by atoms with Crippen molar-refractivity contribution in [2.45, 2.75) is 20.8 Å². The maximum atomic E-state index is 4.14. The van der Waals surface area contributed by atoms with E-state index in [0.717, 1.165) is 11.3 Å². The van der Waals surface area contributed by atoms with Gasteiger partial charge < -0.3 is 0 Å². The van der Waals surface area contributed by atoms with Crippen molar-refractivity contribution in [3.63, 3.8) is 0 Å². The first-order chi connectivity index (χ1) is 7.36. The average Bonchev–Trinajstić information content (AvgIpc) is 2.33. The van der Waals surface area contributed by atoms with E-state index < -0.39 is 0 Å². The molecule has 2 aromatic heterocycles. The van der Waals surface area contributed by atoms with Crippen molar-refractivity contribution in [1.82, 2.24) is 9.97 Å². The van der Waals surface area contributed by atoms with Crippen LogP contribution in [0, 0.1) is 6.92 Å². The van der Waals surface area contributed by atoms with Gasteiger partial charge >= 0.3 is 0 Å². The number of aryl methyl sites for hydroxylation is 1. The van der Waals surface area contributed by atoms with Gasteiger partial charge in [-0.1, -0.05) is 19.9 Å². The fraction of sp³-hybridized carbons (Fsp3) is 0.231. The normalized spacial score (nSPS) is 9.00. The lowest BCUT2D eigenvalue weighted by molar-refractivity contribution is 1.20. The molecule has 2 nitrogen and oxygen atoms in total. The molecule has 0 amide bonds. The van der Waals surface area contributed by atoms with Crippen LogP contribution in [0.4, 0.5) is 0 Å². The first kappa shape index (κ1) is 11.4. The van der Waals surface area contributed by atoms with E-state index in [0.29, 0.717) is 0 Å².